The van der Waals surface area contributed by atoms with Gasteiger partial charge < -0.3 is 14.7 Å². The van der Waals surface area contributed by atoms with Gasteiger partial charge in [-0.15, -0.1) is 13.2 Å². The Morgan fingerprint density at radius 2 is 1.92 bits per heavy atom. The third-order valence-electron chi connectivity index (χ3n) is 3.51. The maximum absolute atomic E-state index is 12.5. The number of ether oxygens (including phenoxy) is 1. The van der Waals surface area contributed by atoms with Gasteiger partial charge in [0.1, 0.15) is 4.90 Å². The van der Waals surface area contributed by atoms with E-state index >= 15 is 0 Å². The minimum absolute atomic E-state index is 0.134. The van der Waals surface area contributed by atoms with Crippen LogP contribution >= 0.6 is 15.9 Å². The van der Waals surface area contributed by atoms with E-state index in [1.165, 1.54) is 6.07 Å². The molecule has 0 saturated carbocycles. The number of halogens is 4. The summed E-state index contributed by atoms with van der Waals surface area (Å²) in [6, 6.07) is 2.61. The molecule has 0 aromatic heterocycles. The Kier molecular flexibility index (Phi) is 5.84. The third-order valence-corrected chi connectivity index (χ3v) is 5.56. The maximum atomic E-state index is 12.5. The molecule has 1 aromatic carbocycles. The highest BCUT2D eigenvalue weighted by Crippen LogP contribution is 2.32. The van der Waals surface area contributed by atoms with Gasteiger partial charge in [0.05, 0.1) is 0 Å². The van der Waals surface area contributed by atoms with Crippen LogP contribution in [0.25, 0.3) is 0 Å². The van der Waals surface area contributed by atoms with Crippen molar-refractivity contribution in [3.63, 3.8) is 0 Å². The van der Waals surface area contributed by atoms with E-state index in [9.17, 15) is 26.4 Å². The molecule has 1 heterocycles. The van der Waals surface area contributed by atoms with Crippen LogP contribution in [0.2, 0.25) is 0 Å². The molecule has 1 aliphatic heterocycles. The number of rotatable bonds is 4. The first kappa shape index (κ1) is 19.8. The molecule has 7 nitrogen and oxygen atoms in total. The number of carboxylic acid groups (broad SMARTS) is 1. The van der Waals surface area contributed by atoms with Crippen LogP contribution in [0.1, 0.15) is 12.8 Å². The molecule has 25 heavy (non-hydrogen) atoms. The van der Waals surface area contributed by atoms with Gasteiger partial charge in [-0.1, -0.05) is 15.9 Å². The molecule has 140 valence electrons. The van der Waals surface area contributed by atoms with Crippen LogP contribution in [-0.2, 0) is 10.0 Å². The van der Waals surface area contributed by atoms with Gasteiger partial charge >= 0.3 is 12.5 Å². The second-order valence-corrected chi connectivity index (χ2v) is 7.90. The van der Waals surface area contributed by atoms with Crippen molar-refractivity contribution < 1.29 is 36.2 Å². The standard InChI is InChI=1S/C13H14BrF3N2O5S/c14-8-1-2-11(10(7-8)24-13(15,16)17)25(22,23)18-9-3-5-19(6-4-9)12(20)21/h1-2,7,9,18H,3-6H2,(H,20,21). The van der Waals surface area contributed by atoms with E-state index in [4.69, 9.17) is 5.11 Å². The summed E-state index contributed by atoms with van der Waals surface area (Å²) >= 11 is 2.97. The van der Waals surface area contributed by atoms with Crippen molar-refractivity contribution in [1.82, 2.24) is 9.62 Å². The fourth-order valence-electron chi connectivity index (χ4n) is 2.38. The third kappa shape index (κ3) is 5.47. The average molecular weight is 447 g/mol. The van der Waals surface area contributed by atoms with Gasteiger partial charge in [0.2, 0.25) is 10.0 Å². The molecule has 1 amide bonds. The molecular formula is C13H14BrF3N2O5S. The number of piperidine rings is 1. The molecule has 2 N–H and O–H groups in total. The highest BCUT2D eigenvalue weighted by molar-refractivity contribution is 9.10. The van der Waals surface area contributed by atoms with E-state index in [0.29, 0.717) is 0 Å². The number of hydrogen-bond acceptors (Lipinski definition) is 4. The first-order valence-electron chi connectivity index (χ1n) is 7.03. The molecule has 0 bridgehead atoms. The Hall–Kier alpha value is -1.53. The largest absolute Gasteiger partial charge is 0.573 e. The van der Waals surface area contributed by atoms with Crippen LogP contribution in [0.3, 0.4) is 0 Å². The zero-order chi connectivity index (χ0) is 18.8. The van der Waals surface area contributed by atoms with Crippen molar-refractivity contribution >= 4 is 32.0 Å². The zero-order valence-corrected chi connectivity index (χ0v) is 15.0. The number of benzene rings is 1. The summed E-state index contributed by atoms with van der Waals surface area (Å²) in [5.74, 6) is -0.850. The Balaban J connectivity index is 2.18. The minimum atomic E-state index is -5.04. The van der Waals surface area contributed by atoms with E-state index in [1.54, 1.807) is 0 Å². The topological polar surface area (TPSA) is 95.9 Å². The van der Waals surface area contributed by atoms with Crippen molar-refractivity contribution in [2.45, 2.75) is 30.1 Å². The van der Waals surface area contributed by atoms with Gasteiger partial charge in [-0.25, -0.2) is 17.9 Å². The summed E-state index contributed by atoms with van der Waals surface area (Å²) in [5.41, 5.74) is 0. The van der Waals surface area contributed by atoms with E-state index in [0.717, 1.165) is 17.0 Å². The molecule has 1 saturated heterocycles. The number of amides is 1. The molecule has 2 rings (SSSR count). The SMILES string of the molecule is O=C(O)N1CCC(NS(=O)(=O)c2ccc(Br)cc2OC(F)(F)F)CC1. The number of carbonyl (C=O) groups is 1. The summed E-state index contributed by atoms with van der Waals surface area (Å²) in [4.78, 5) is 11.3. The molecule has 0 aliphatic carbocycles. The van der Waals surface area contributed by atoms with Crippen molar-refractivity contribution in [2.24, 2.45) is 0 Å². The summed E-state index contributed by atoms with van der Waals surface area (Å²) < 4.78 is 68.7. The predicted octanol–water partition coefficient (Wildman–Crippen LogP) is 2.77. The number of nitrogens with zero attached hydrogens (tertiary/aromatic N) is 1. The van der Waals surface area contributed by atoms with Gasteiger partial charge in [-0.05, 0) is 31.0 Å². The lowest BCUT2D eigenvalue weighted by Crippen LogP contribution is -2.46. The minimum Gasteiger partial charge on any atom is -0.465 e. The first-order chi connectivity index (χ1) is 11.5. The molecule has 1 aliphatic rings. The summed E-state index contributed by atoms with van der Waals surface area (Å²) in [5, 5.41) is 8.87. The summed E-state index contributed by atoms with van der Waals surface area (Å²) in [6.07, 6.45) is -5.71. The molecule has 0 atom stereocenters. The molecule has 12 heteroatoms. The van der Waals surface area contributed by atoms with E-state index < -0.39 is 39.2 Å². The number of nitrogens with one attached hydrogen (secondary N) is 1. The van der Waals surface area contributed by atoms with Crippen LogP contribution in [0.5, 0.6) is 5.75 Å². The van der Waals surface area contributed by atoms with Crippen molar-refractivity contribution in [3.8, 4) is 5.75 Å². The predicted molar refractivity (Wildman–Crippen MR) is 83.8 cm³/mol. The van der Waals surface area contributed by atoms with Crippen molar-refractivity contribution in [2.75, 3.05) is 13.1 Å². The van der Waals surface area contributed by atoms with Crippen LogP contribution in [0, 0.1) is 0 Å². The maximum Gasteiger partial charge on any atom is 0.573 e. The van der Waals surface area contributed by atoms with Gasteiger partial charge in [0, 0.05) is 23.6 Å². The average Bonchev–Trinajstić information content (AvgIpc) is 2.45. The summed E-state index contributed by atoms with van der Waals surface area (Å²) in [6.45, 7) is 0.267. The quantitative estimate of drug-likeness (QED) is 0.741. The van der Waals surface area contributed by atoms with Gasteiger partial charge in [-0.2, -0.15) is 0 Å². The molecule has 0 radical (unpaired) electrons. The number of sulfonamides is 1. The molecule has 1 fully saturated rings. The lowest BCUT2D eigenvalue weighted by Gasteiger charge is -2.30. The van der Waals surface area contributed by atoms with Crippen LogP contribution in [0.4, 0.5) is 18.0 Å². The van der Waals surface area contributed by atoms with Crippen molar-refractivity contribution in [3.05, 3.63) is 22.7 Å². The smallest absolute Gasteiger partial charge is 0.465 e. The van der Waals surface area contributed by atoms with Crippen LogP contribution in [0.15, 0.2) is 27.6 Å². The fraction of sp³-hybridized carbons (Fsp3) is 0.462. The fourth-order valence-corrected chi connectivity index (χ4v) is 4.13. The second kappa shape index (κ2) is 7.38. The van der Waals surface area contributed by atoms with Gasteiger partial charge in [-0.3, -0.25) is 0 Å². The molecule has 0 spiro atoms. The van der Waals surface area contributed by atoms with Crippen LogP contribution < -0.4 is 9.46 Å². The summed E-state index contributed by atoms with van der Waals surface area (Å²) in [7, 11) is -4.28. The zero-order valence-electron chi connectivity index (χ0n) is 12.6. The van der Waals surface area contributed by atoms with E-state index in [-0.39, 0.29) is 30.4 Å². The monoisotopic (exact) mass is 446 g/mol. The van der Waals surface area contributed by atoms with E-state index in [2.05, 4.69) is 25.4 Å². The van der Waals surface area contributed by atoms with Crippen LogP contribution in [-0.4, -0.2) is 50.0 Å². The second-order valence-electron chi connectivity index (χ2n) is 5.30. The number of hydrogen-bond donors (Lipinski definition) is 2. The highest BCUT2D eigenvalue weighted by Gasteiger charge is 2.35. The Bertz CT molecular complexity index is 749. The van der Waals surface area contributed by atoms with Crippen molar-refractivity contribution in [1.29, 1.82) is 0 Å². The highest BCUT2D eigenvalue weighted by atomic mass is 79.9. The van der Waals surface area contributed by atoms with E-state index in [1.807, 2.05) is 0 Å². The molecule has 0 unspecified atom stereocenters. The number of likely N-dealkylation sites (tertiary alicyclic amines) is 1. The Morgan fingerprint density at radius 1 is 1.32 bits per heavy atom. The Labute approximate surface area is 149 Å². The molecule has 1 aromatic rings. The first-order valence-corrected chi connectivity index (χ1v) is 9.31. The normalized spacial score (nSPS) is 16.7. The van der Waals surface area contributed by atoms with Gasteiger partial charge in [0.25, 0.3) is 0 Å². The molecular weight excluding hydrogens is 433 g/mol. The van der Waals surface area contributed by atoms with Gasteiger partial charge in [0.15, 0.2) is 5.75 Å². The lowest BCUT2D eigenvalue weighted by atomic mass is 10.1. The Morgan fingerprint density at radius 3 is 2.44 bits per heavy atom. The number of alkyl halides is 3. The lowest BCUT2D eigenvalue weighted by molar-refractivity contribution is -0.275.